The van der Waals surface area contributed by atoms with Crippen LogP contribution in [0.4, 0.5) is 0 Å². The van der Waals surface area contributed by atoms with Crippen molar-refractivity contribution < 1.29 is 9.26 Å². The minimum atomic E-state index is -0.488. The van der Waals surface area contributed by atoms with Crippen molar-refractivity contribution in [3.05, 3.63) is 11.7 Å². The fraction of sp³-hybridized carbons (Fsp3) is 0.833. The van der Waals surface area contributed by atoms with Gasteiger partial charge in [-0.25, -0.2) is 0 Å². The topological polar surface area (TPSA) is 60.2 Å². The Labute approximate surface area is 102 Å². The molecule has 5 nitrogen and oxygen atoms in total. The minimum absolute atomic E-state index is 0.189. The van der Waals surface area contributed by atoms with Crippen LogP contribution in [0.2, 0.25) is 0 Å². The molecular formula is C12H21N3O2. The van der Waals surface area contributed by atoms with Crippen LogP contribution in [0.5, 0.6) is 0 Å². The Morgan fingerprint density at radius 1 is 1.53 bits per heavy atom. The van der Waals surface area contributed by atoms with Crippen LogP contribution in [-0.4, -0.2) is 23.3 Å². The van der Waals surface area contributed by atoms with Gasteiger partial charge in [-0.1, -0.05) is 12.1 Å². The molecule has 17 heavy (non-hydrogen) atoms. The zero-order chi connectivity index (χ0) is 12.5. The van der Waals surface area contributed by atoms with E-state index in [0.29, 0.717) is 24.2 Å². The summed E-state index contributed by atoms with van der Waals surface area (Å²) in [7, 11) is 0. The highest BCUT2D eigenvalue weighted by Crippen LogP contribution is 2.30. The summed E-state index contributed by atoms with van der Waals surface area (Å²) in [6.45, 7) is 9.71. The van der Waals surface area contributed by atoms with Crippen LogP contribution in [0, 0.1) is 5.92 Å². The Balaban J connectivity index is 2.15. The molecule has 2 atom stereocenters. The second-order valence-corrected chi connectivity index (χ2v) is 5.10. The summed E-state index contributed by atoms with van der Waals surface area (Å²) in [6, 6.07) is 0.189. The summed E-state index contributed by atoms with van der Waals surface area (Å²) in [5.74, 6) is 1.84. The van der Waals surface area contributed by atoms with Crippen LogP contribution >= 0.6 is 0 Å². The average molecular weight is 239 g/mol. The molecular weight excluding hydrogens is 218 g/mol. The minimum Gasteiger partial charge on any atom is -0.368 e. The van der Waals surface area contributed by atoms with Gasteiger partial charge < -0.3 is 14.6 Å². The highest BCUT2D eigenvalue weighted by molar-refractivity contribution is 5.02. The van der Waals surface area contributed by atoms with Gasteiger partial charge in [0.2, 0.25) is 11.7 Å². The normalized spacial score (nSPS) is 25.4. The fourth-order valence-corrected chi connectivity index (χ4v) is 2.20. The molecule has 0 radical (unpaired) electrons. The lowest BCUT2D eigenvalue weighted by molar-refractivity contribution is -0.0221. The first-order chi connectivity index (χ1) is 8.04. The van der Waals surface area contributed by atoms with Crippen molar-refractivity contribution in [3.8, 4) is 0 Å². The quantitative estimate of drug-likeness (QED) is 0.871. The summed E-state index contributed by atoms with van der Waals surface area (Å²) in [5, 5.41) is 7.42. The summed E-state index contributed by atoms with van der Waals surface area (Å²) < 4.78 is 11.0. The molecule has 1 aliphatic rings. The Bertz CT molecular complexity index is 376. The molecule has 5 heteroatoms. The lowest BCUT2D eigenvalue weighted by Gasteiger charge is -2.19. The zero-order valence-electron chi connectivity index (χ0n) is 11.0. The van der Waals surface area contributed by atoms with E-state index >= 15 is 0 Å². The van der Waals surface area contributed by atoms with Gasteiger partial charge in [-0.05, 0) is 39.7 Å². The first-order valence-corrected chi connectivity index (χ1v) is 6.26. The highest BCUT2D eigenvalue weighted by Gasteiger charge is 2.33. The van der Waals surface area contributed by atoms with Gasteiger partial charge in [0.1, 0.15) is 5.60 Å². The van der Waals surface area contributed by atoms with Crippen molar-refractivity contribution in [2.45, 2.75) is 45.8 Å². The van der Waals surface area contributed by atoms with Crippen LogP contribution in [0.15, 0.2) is 4.52 Å². The molecule has 0 aliphatic carbocycles. The van der Waals surface area contributed by atoms with Crippen molar-refractivity contribution in [3.63, 3.8) is 0 Å². The van der Waals surface area contributed by atoms with Gasteiger partial charge in [-0.3, -0.25) is 0 Å². The van der Waals surface area contributed by atoms with E-state index in [9.17, 15) is 0 Å². The van der Waals surface area contributed by atoms with Crippen LogP contribution in [0.25, 0.3) is 0 Å². The number of hydrogen-bond donors (Lipinski definition) is 1. The van der Waals surface area contributed by atoms with Crippen molar-refractivity contribution >= 4 is 0 Å². The van der Waals surface area contributed by atoms with E-state index in [4.69, 9.17) is 9.26 Å². The number of hydrogen-bond acceptors (Lipinski definition) is 5. The average Bonchev–Trinajstić information content (AvgIpc) is 2.85. The van der Waals surface area contributed by atoms with Gasteiger partial charge in [-0.2, -0.15) is 4.98 Å². The zero-order valence-corrected chi connectivity index (χ0v) is 11.0. The summed E-state index contributed by atoms with van der Waals surface area (Å²) in [6.07, 6.45) is 1.15. The number of nitrogens with zero attached hydrogens (tertiary/aromatic N) is 2. The molecule has 0 aromatic carbocycles. The van der Waals surface area contributed by atoms with E-state index in [2.05, 4.69) is 22.4 Å². The van der Waals surface area contributed by atoms with Gasteiger partial charge >= 0.3 is 0 Å². The number of nitrogens with one attached hydrogen (secondary N) is 1. The maximum Gasteiger partial charge on any atom is 0.244 e. The molecule has 2 heterocycles. The summed E-state index contributed by atoms with van der Waals surface area (Å²) >= 11 is 0. The van der Waals surface area contributed by atoms with Crippen molar-refractivity contribution in [2.75, 3.05) is 13.2 Å². The highest BCUT2D eigenvalue weighted by atomic mass is 16.5. The molecule has 0 amide bonds. The van der Waals surface area contributed by atoms with Crippen molar-refractivity contribution in [2.24, 2.45) is 5.92 Å². The Hall–Kier alpha value is -0.940. The van der Waals surface area contributed by atoms with E-state index in [-0.39, 0.29) is 6.04 Å². The summed E-state index contributed by atoms with van der Waals surface area (Å²) in [4.78, 5) is 4.47. The maximum atomic E-state index is 5.61. The van der Waals surface area contributed by atoms with Gasteiger partial charge in [0, 0.05) is 6.61 Å². The van der Waals surface area contributed by atoms with E-state index in [1.807, 2.05) is 20.8 Å². The lowest BCUT2D eigenvalue weighted by Crippen LogP contribution is -2.24. The van der Waals surface area contributed by atoms with Crippen LogP contribution < -0.4 is 5.32 Å². The van der Waals surface area contributed by atoms with Crippen molar-refractivity contribution in [1.29, 1.82) is 0 Å². The molecule has 1 saturated heterocycles. The lowest BCUT2D eigenvalue weighted by atomic mass is 10.0. The second kappa shape index (κ2) is 4.74. The second-order valence-electron chi connectivity index (χ2n) is 5.10. The number of aromatic nitrogens is 2. The van der Waals surface area contributed by atoms with Crippen LogP contribution in [-0.2, 0) is 10.3 Å². The Morgan fingerprint density at radius 2 is 2.29 bits per heavy atom. The molecule has 0 bridgehead atoms. The first kappa shape index (κ1) is 12.5. The predicted molar refractivity (Wildman–Crippen MR) is 63.5 cm³/mol. The predicted octanol–water partition coefficient (Wildman–Crippen LogP) is 2.01. The third-order valence-corrected chi connectivity index (χ3v) is 3.28. The molecule has 1 aromatic heterocycles. The van der Waals surface area contributed by atoms with E-state index in [1.54, 1.807) is 0 Å². The maximum absolute atomic E-state index is 5.61. The third-order valence-electron chi connectivity index (χ3n) is 3.28. The third kappa shape index (κ3) is 2.50. The van der Waals surface area contributed by atoms with Gasteiger partial charge in [0.15, 0.2) is 0 Å². The largest absolute Gasteiger partial charge is 0.368 e. The molecule has 1 aromatic rings. The molecule has 1 fully saturated rings. The molecule has 0 saturated carbocycles. The molecule has 2 unspecified atom stereocenters. The molecule has 96 valence electrons. The van der Waals surface area contributed by atoms with Crippen LogP contribution in [0.3, 0.4) is 0 Å². The van der Waals surface area contributed by atoms with Crippen molar-refractivity contribution in [1.82, 2.24) is 15.5 Å². The Morgan fingerprint density at radius 3 is 2.88 bits per heavy atom. The van der Waals surface area contributed by atoms with Gasteiger partial charge in [-0.15, -0.1) is 0 Å². The van der Waals surface area contributed by atoms with E-state index < -0.39 is 5.60 Å². The summed E-state index contributed by atoms with van der Waals surface area (Å²) in [5.41, 5.74) is -0.488. The first-order valence-electron chi connectivity index (χ1n) is 6.26. The molecule has 2 rings (SSSR count). The number of rotatable bonds is 4. The van der Waals surface area contributed by atoms with E-state index in [1.165, 1.54) is 0 Å². The monoisotopic (exact) mass is 239 g/mol. The van der Waals surface area contributed by atoms with Gasteiger partial charge in [0.25, 0.3) is 0 Å². The molecule has 1 aliphatic heterocycles. The fourth-order valence-electron chi connectivity index (χ4n) is 2.20. The molecule has 0 spiro atoms. The SMILES string of the molecule is CCOC(C)(C)c1noc(C2NCCC2C)n1. The Kier molecular flexibility index (Phi) is 3.49. The molecule has 1 N–H and O–H groups in total. The van der Waals surface area contributed by atoms with Crippen LogP contribution in [0.1, 0.15) is 51.9 Å². The smallest absolute Gasteiger partial charge is 0.244 e. The standard InChI is InChI=1S/C12H21N3O2/c1-5-16-12(3,4)11-14-10(17-15-11)9-8(2)6-7-13-9/h8-9,13H,5-7H2,1-4H3. The van der Waals surface area contributed by atoms with E-state index in [0.717, 1.165) is 13.0 Å². The van der Waals surface area contributed by atoms with Gasteiger partial charge in [0.05, 0.1) is 6.04 Å². The number of ether oxygens (including phenoxy) is 1.